The summed E-state index contributed by atoms with van der Waals surface area (Å²) in [6, 6.07) is 8.13. The van der Waals surface area contributed by atoms with Crippen LogP contribution in [-0.2, 0) is 0 Å². The number of hydrogen-bond acceptors (Lipinski definition) is 6. The summed E-state index contributed by atoms with van der Waals surface area (Å²) in [7, 11) is 1.99. The van der Waals surface area contributed by atoms with Crippen LogP contribution in [0.2, 0.25) is 0 Å². The van der Waals surface area contributed by atoms with Gasteiger partial charge in [-0.25, -0.2) is 9.98 Å². The summed E-state index contributed by atoms with van der Waals surface area (Å²) in [4.78, 5) is 12.6. The molecule has 31 heavy (non-hydrogen) atoms. The van der Waals surface area contributed by atoms with Crippen LogP contribution < -0.4 is 15.4 Å². The van der Waals surface area contributed by atoms with E-state index in [-0.39, 0.29) is 6.10 Å². The first-order valence-corrected chi connectivity index (χ1v) is 11.1. The van der Waals surface area contributed by atoms with Gasteiger partial charge in [0.1, 0.15) is 23.5 Å². The van der Waals surface area contributed by atoms with Crippen LogP contribution in [-0.4, -0.2) is 56.5 Å². The molecule has 0 aromatic heterocycles. The molecule has 1 heterocycles. The van der Waals surface area contributed by atoms with E-state index in [2.05, 4.69) is 27.7 Å². The fourth-order valence-electron chi connectivity index (χ4n) is 3.46. The molecule has 0 amide bonds. The van der Waals surface area contributed by atoms with E-state index in [0.717, 1.165) is 55.3 Å². The summed E-state index contributed by atoms with van der Waals surface area (Å²) in [5.74, 6) is 2.59. The lowest BCUT2D eigenvalue weighted by Gasteiger charge is -2.32. The van der Waals surface area contributed by atoms with Crippen LogP contribution in [0.4, 0.5) is 5.69 Å². The molecule has 0 radical (unpaired) electrons. The van der Waals surface area contributed by atoms with Crippen LogP contribution >= 0.6 is 11.6 Å². The molecule has 1 aliphatic heterocycles. The quantitative estimate of drug-likeness (QED) is 0.326. The van der Waals surface area contributed by atoms with Gasteiger partial charge in [0.2, 0.25) is 0 Å². The van der Waals surface area contributed by atoms with E-state index in [1.165, 1.54) is 0 Å². The topological polar surface area (TPSA) is 66.4 Å². The lowest BCUT2D eigenvalue weighted by Crippen LogP contribution is -2.39. The predicted octanol–water partition coefficient (Wildman–Crippen LogP) is 4.58. The number of piperidine rings is 1. The molecule has 0 atom stereocenters. The minimum atomic E-state index is 0.226. The zero-order chi connectivity index (χ0) is 22.6. The molecular formula is C24H34ClN5O. The summed E-state index contributed by atoms with van der Waals surface area (Å²) >= 11 is 5.70. The molecule has 1 aromatic rings. The van der Waals surface area contributed by atoms with Crippen LogP contribution in [0.3, 0.4) is 0 Å². The third-order valence-electron chi connectivity index (χ3n) is 5.25. The number of nitrogens with two attached hydrogens (primary N) is 1. The Morgan fingerprint density at radius 2 is 1.94 bits per heavy atom. The van der Waals surface area contributed by atoms with Crippen molar-refractivity contribution in [3.05, 3.63) is 59.7 Å². The summed E-state index contributed by atoms with van der Waals surface area (Å²) in [5, 5.41) is 0. The Bertz CT molecular complexity index is 821. The summed E-state index contributed by atoms with van der Waals surface area (Å²) in [5.41, 5.74) is 7.97. The zero-order valence-electron chi connectivity index (χ0n) is 18.8. The average molecular weight is 444 g/mol. The van der Waals surface area contributed by atoms with Crippen molar-refractivity contribution in [2.45, 2.75) is 32.8 Å². The molecule has 0 saturated carbocycles. The van der Waals surface area contributed by atoms with Gasteiger partial charge in [-0.3, -0.25) is 4.90 Å². The van der Waals surface area contributed by atoms with Crippen molar-refractivity contribution in [1.29, 1.82) is 0 Å². The molecule has 0 spiro atoms. The minimum Gasteiger partial charge on any atom is -0.490 e. The van der Waals surface area contributed by atoms with Crippen LogP contribution in [0, 0.1) is 0 Å². The maximum Gasteiger partial charge on any atom is 0.127 e. The van der Waals surface area contributed by atoms with Crippen LogP contribution in [0.15, 0.2) is 69.7 Å². The van der Waals surface area contributed by atoms with Gasteiger partial charge < -0.3 is 15.4 Å². The monoisotopic (exact) mass is 443 g/mol. The molecule has 7 heteroatoms. The second-order valence-corrected chi connectivity index (χ2v) is 7.66. The number of allylic oxidation sites excluding steroid dienone is 2. The first-order chi connectivity index (χ1) is 15.0. The van der Waals surface area contributed by atoms with Gasteiger partial charge in [0.25, 0.3) is 0 Å². The van der Waals surface area contributed by atoms with E-state index in [1.54, 1.807) is 6.21 Å². The third kappa shape index (κ3) is 7.89. The van der Waals surface area contributed by atoms with Gasteiger partial charge >= 0.3 is 0 Å². The van der Waals surface area contributed by atoms with Gasteiger partial charge in [-0.05, 0) is 75.4 Å². The molecule has 1 fully saturated rings. The maximum absolute atomic E-state index is 6.23. The minimum absolute atomic E-state index is 0.226. The molecule has 168 valence electrons. The molecule has 1 aromatic carbocycles. The Hall–Kier alpha value is -2.57. The summed E-state index contributed by atoms with van der Waals surface area (Å²) in [6.45, 7) is 10.3. The Kier molecular flexibility index (Phi) is 10.3. The van der Waals surface area contributed by atoms with Crippen LogP contribution in [0.5, 0.6) is 5.75 Å². The highest BCUT2D eigenvalue weighted by molar-refractivity contribution is 6.24. The average Bonchev–Trinajstić information content (AvgIpc) is 2.80. The van der Waals surface area contributed by atoms with Crippen molar-refractivity contribution in [1.82, 2.24) is 4.90 Å². The zero-order valence-corrected chi connectivity index (χ0v) is 19.6. The smallest absolute Gasteiger partial charge is 0.127 e. The Morgan fingerprint density at radius 3 is 2.48 bits per heavy atom. The molecule has 1 aliphatic rings. The Labute approximate surface area is 191 Å². The number of alkyl halides is 1. The molecule has 2 rings (SSSR count). The first kappa shape index (κ1) is 24.7. The lowest BCUT2D eigenvalue weighted by atomic mass is 10.1. The molecule has 1 saturated heterocycles. The van der Waals surface area contributed by atoms with Crippen LogP contribution in [0.1, 0.15) is 26.7 Å². The van der Waals surface area contributed by atoms with Crippen molar-refractivity contribution in [2.75, 3.05) is 37.5 Å². The van der Waals surface area contributed by atoms with E-state index >= 15 is 0 Å². The highest BCUT2D eigenvalue weighted by Crippen LogP contribution is 2.24. The number of benzene rings is 1. The van der Waals surface area contributed by atoms with E-state index in [0.29, 0.717) is 11.7 Å². The van der Waals surface area contributed by atoms with E-state index < -0.39 is 0 Å². The predicted molar refractivity (Wildman–Crippen MR) is 133 cm³/mol. The number of hydrogen-bond donors (Lipinski definition) is 1. The van der Waals surface area contributed by atoms with Gasteiger partial charge in [0, 0.05) is 38.6 Å². The highest BCUT2D eigenvalue weighted by atomic mass is 35.5. The molecule has 0 bridgehead atoms. The fourth-order valence-corrected chi connectivity index (χ4v) is 3.52. The Balaban J connectivity index is 1.87. The normalized spacial score (nSPS) is 17.2. The SMILES string of the molecule is C=N/C(N)=C\C(=C/C)CN1CCC(Oc2ccc(N(C)C(=C/C)/N=C\CCl)cc2)CC1. The van der Waals surface area contributed by atoms with Crippen molar-refractivity contribution in [2.24, 2.45) is 15.7 Å². The van der Waals surface area contributed by atoms with E-state index in [1.807, 2.05) is 62.2 Å². The van der Waals surface area contributed by atoms with Gasteiger partial charge in [-0.1, -0.05) is 6.08 Å². The molecule has 0 unspecified atom stereocenters. The molecule has 6 nitrogen and oxygen atoms in total. The van der Waals surface area contributed by atoms with E-state index in [4.69, 9.17) is 22.1 Å². The summed E-state index contributed by atoms with van der Waals surface area (Å²) < 4.78 is 6.23. The maximum atomic E-state index is 6.23. The number of anilines is 1. The van der Waals surface area contributed by atoms with Gasteiger partial charge in [0.05, 0.1) is 5.88 Å². The number of likely N-dealkylation sites (tertiary alicyclic amines) is 1. The van der Waals surface area contributed by atoms with Crippen molar-refractivity contribution in [3.8, 4) is 5.75 Å². The fraction of sp³-hybridized carbons (Fsp3) is 0.417. The standard InChI is InChI=1S/C24H34ClN5O/c1-5-19(17-23(26)27-3)18-30-15-11-22(12-16-30)31-21-9-7-20(8-10-21)29(4)24(6-2)28-14-13-25/h5-10,14,17,22H,3,11-13,15-16,18,26H2,1-2,4H3/b19-5+,23-17-,24-6+,28-14-. The largest absolute Gasteiger partial charge is 0.490 e. The number of halogens is 1. The number of ether oxygens (including phenoxy) is 1. The summed E-state index contributed by atoms with van der Waals surface area (Å²) in [6.07, 6.45) is 9.81. The second kappa shape index (κ2) is 13.0. The van der Waals surface area contributed by atoms with Gasteiger partial charge in [-0.2, -0.15) is 0 Å². The highest BCUT2D eigenvalue weighted by Gasteiger charge is 2.21. The Morgan fingerprint density at radius 1 is 1.26 bits per heavy atom. The molecular weight excluding hydrogens is 410 g/mol. The first-order valence-electron chi connectivity index (χ1n) is 10.6. The number of rotatable bonds is 10. The molecule has 0 aliphatic carbocycles. The number of nitrogens with zero attached hydrogens (tertiary/aromatic N) is 4. The van der Waals surface area contributed by atoms with Gasteiger partial charge in [0.15, 0.2) is 0 Å². The van der Waals surface area contributed by atoms with Crippen molar-refractivity contribution in [3.63, 3.8) is 0 Å². The molecule has 2 N–H and O–H groups in total. The van der Waals surface area contributed by atoms with Crippen LogP contribution in [0.25, 0.3) is 0 Å². The third-order valence-corrected chi connectivity index (χ3v) is 5.39. The number of aliphatic imine (C=N–C) groups is 2. The van der Waals surface area contributed by atoms with E-state index in [9.17, 15) is 0 Å². The van der Waals surface area contributed by atoms with Gasteiger partial charge in [-0.15, -0.1) is 11.6 Å². The van der Waals surface area contributed by atoms with Crippen molar-refractivity contribution >= 4 is 30.2 Å². The lowest BCUT2D eigenvalue weighted by molar-refractivity contribution is 0.106. The second-order valence-electron chi connectivity index (χ2n) is 7.35. The van der Waals surface area contributed by atoms with Crippen molar-refractivity contribution < 1.29 is 4.74 Å².